The summed E-state index contributed by atoms with van der Waals surface area (Å²) in [7, 11) is 2.74. The number of nitrogens with one attached hydrogen (secondary N) is 2. The molecule has 0 bridgehead atoms. The minimum absolute atomic E-state index is 0.0201. The Balaban J connectivity index is 1.67. The van der Waals surface area contributed by atoms with Crippen molar-refractivity contribution in [2.75, 3.05) is 19.5 Å². The highest BCUT2D eigenvalue weighted by atomic mass is 32.1. The van der Waals surface area contributed by atoms with Gasteiger partial charge in [0.15, 0.2) is 22.4 Å². The number of hydrogen-bond donors (Lipinski definition) is 3. The van der Waals surface area contributed by atoms with Gasteiger partial charge in [0, 0.05) is 11.8 Å². The smallest absolute Gasteiger partial charge is 0.355 e. The third-order valence-corrected chi connectivity index (χ3v) is 6.41. The summed E-state index contributed by atoms with van der Waals surface area (Å²) in [6, 6.07) is 7.16. The fraction of sp³-hybridized carbons (Fsp3) is 0.208. The van der Waals surface area contributed by atoms with Crippen LogP contribution in [0.15, 0.2) is 47.8 Å². The predicted molar refractivity (Wildman–Crippen MR) is 129 cm³/mol. The number of ether oxygens (including phenoxy) is 2. The number of aromatic carboxylic acids is 1. The van der Waals surface area contributed by atoms with Crippen LogP contribution >= 0.6 is 11.3 Å². The Morgan fingerprint density at radius 3 is 2.57 bits per heavy atom. The predicted octanol–water partition coefficient (Wildman–Crippen LogP) is 2.84. The molecule has 2 atom stereocenters. The third-order valence-electron chi connectivity index (χ3n) is 5.65. The lowest BCUT2D eigenvalue weighted by Gasteiger charge is -2.25. The van der Waals surface area contributed by atoms with Gasteiger partial charge in [-0.1, -0.05) is 24.3 Å². The molecule has 2 heterocycles. The number of aromatic nitrogens is 1. The molecule has 1 saturated heterocycles. The largest absolute Gasteiger partial charge is 0.496 e. The Morgan fingerprint density at radius 1 is 1.19 bits per heavy atom. The Hall–Kier alpha value is -4.52. The Bertz CT molecular complexity index is 1380. The molecule has 192 valence electrons. The summed E-state index contributed by atoms with van der Waals surface area (Å²) < 4.78 is 24.5. The fourth-order valence-corrected chi connectivity index (χ4v) is 4.56. The van der Waals surface area contributed by atoms with Crippen LogP contribution < -0.4 is 20.1 Å². The summed E-state index contributed by atoms with van der Waals surface area (Å²) in [6.45, 7) is 0. The van der Waals surface area contributed by atoms with Crippen molar-refractivity contribution in [1.29, 1.82) is 0 Å². The number of carbonyl (C=O) groups excluding carboxylic acids is 3. The number of carboxylic acids is 1. The van der Waals surface area contributed by atoms with Gasteiger partial charge in [-0.05, 0) is 29.3 Å². The zero-order chi connectivity index (χ0) is 26.7. The maximum absolute atomic E-state index is 14.3. The number of halogens is 1. The molecule has 0 radical (unpaired) electrons. The second-order valence-electron chi connectivity index (χ2n) is 7.85. The van der Waals surface area contributed by atoms with E-state index in [9.17, 15) is 23.6 Å². The monoisotopic (exact) mass is 528 g/mol. The normalized spacial score (nSPS) is 15.8. The molecular formula is C24H21FN4O7S. The number of para-hydroxylation sites is 1. The van der Waals surface area contributed by atoms with E-state index in [1.165, 1.54) is 31.7 Å². The second kappa shape index (κ2) is 10.6. The first kappa shape index (κ1) is 25.6. The second-order valence-corrected chi connectivity index (χ2v) is 8.71. The number of thiazole rings is 1. The Labute approximate surface area is 213 Å². The van der Waals surface area contributed by atoms with Crippen molar-refractivity contribution in [1.82, 2.24) is 15.2 Å². The molecule has 37 heavy (non-hydrogen) atoms. The Kier molecular flexibility index (Phi) is 7.34. The maximum Gasteiger partial charge on any atom is 0.355 e. The molecule has 1 aliphatic heterocycles. The van der Waals surface area contributed by atoms with Gasteiger partial charge in [-0.2, -0.15) is 0 Å². The zero-order valence-electron chi connectivity index (χ0n) is 19.6. The summed E-state index contributed by atoms with van der Waals surface area (Å²) in [5, 5.41) is 15.3. The molecule has 1 unspecified atom stereocenters. The number of imide groups is 1. The summed E-state index contributed by atoms with van der Waals surface area (Å²) >= 11 is 0.878. The molecule has 4 amide bonds. The standard InChI is InChI=1S/C24H21FN4O7S/c1-35-17-6-4-3-5-12(17)10-16(20(30)28-23-26-15(11-37-23)22(32)33)29-21(31)19(27-24(29)34)13-7-8-18(36-2)14(25)9-13/h3-9,11,16,19H,10H2,1-2H3,(H,27,34)(H,32,33)(H,26,28,30)/t16-,19?/m0/s1. The van der Waals surface area contributed by atoms with Gasteiger partial charge in [-0.25, -0.2) is 23.9 Å². The maximum atomic E-state index is 14.3. The number of nitrogens with zero attached hydrogens (tertiary/aromatic N) is 2. The SMILES string of the molecule is COc1ccc(C2NC(=O)N([C@@H](Cc3ccccc3OC)C(=O)Nc3nc(C(=O)O)cs3)C2=O)cc1F. The van der Waals surface area contributed by atoms with E-state index < -0.39 is 41.7 Å². The van der Waals surface area contributed by atoms with Crippen molar-refractivity contribution in [3.8, 4) is 11.5 Å². The van der Waals surface area contributed by atoms with Crippen LogP contribution in [-0.2, 0) is 16.0 Å². The molecule has 2 aromatic carbocycles. The van der Waals surface area contributed by atoms with Crippen molar-refractivity contribution in [2.45, 2.75) is 18.5 Å². The number of carbonyl (C=O) groups is 4. The van der Waals surface area contributed by atoms with Crippen LogP contribution in [0.25, 0.3) is 0 Å². The minimum Gasteiger partial charge on any atom is -0.496 e. The highest BCUT2D eigenvalue weighted by molar-refractivity contribution is 7.14. The van der Waals surface area contributed by atoms with Crippen LogP contribution in [0.1, 0.15) is 27.7 Å². The molecule has 1 aromatic heterocycles. The molecular weight excluding hydrogens is 507 g/mol. The van der Waals surface area contributed by atoms with E-state index in [2.05, 4.69) is 15.6 Å². The molecule has 0 spiro atoms. The van der Waals surface area contributed by atoms with Crippen LogP contribution in [0.2, 0.25) is 0 Å². The summed E-state index contributed by atoms with van der Waals surface area (Å²) in [4.78, 5) is 55.5. The summed E-state index contributed by atoms with van der Waals surface area (Å²) in [5.74, 6) is -3.14. The number of urea groups is 1. The first-order valence-corrected chi connectivity index (χ1v) is 11.7. The number of methoxy groups -OCH3 is 2. The average Bonchev–Trinajstić information content (AvgIpc) is 3.46. The van der Waals surface area contributed by atoms with E-state index in [0.717, 1.165) is 22.3 Å². The minimum atomic E-state index is -1.37. The van der Waals surface area contributed by atoms with Gasteiger partial charge in [0.1, 0.15) is 17.8 Å². The molecule has 3 aromatic rings. The van der Waals surface area contributed by atoms with Gasteiger partial charge in [-0.3, -0.25) is 9.59 Å². The van der Waals surface area contributed by atoms with Gasteiger partial charge in [0.05, 0.1) is 14.2 Å². The molecule has 0 saturated carbocycles. The van der Waals surface area contributed by atoms with E-state index in [0.29, 0.717) is 11.3 Å². The van der Waals surface area contributed by atoms with Gasteiger partial charge in [0.2, 0.25) is 5.91 Å². The van der Waals surface area contributed by atoms with Crippen LogP contribution in [0.4, 0.5) is 14.3 Å². The summed E-state index contributed by atoms with van der Waals surface area (Å²) in [5.41, 5.74) is 0.440. The highest BCUT2D eigenvalue weighted by Gasteiger charge is 2.45. The zero-order valence-corrected chi connectivity index (χ0v) is 20.4. The van der Waals surface area contributed by atoms with Crippen LogP contribution in [0.5, 0.6) is 11.5 Å². The van der Waals surface area contributed by atoms with E-state index >= 15 is 0 Å². The van der Waals surface area contributed by atoms with Gasteiger partial charge in [-0.15, -0.1) is 11.3 Å². The number of hydrogen-bond acceptors (Lipinski definition) is 8. The lowest BCUT2D eigenvalue weighted by molar-refractivity contribution is -0.134. The number of anilines is 1. The summed E-state index contributed by atoms with van der Waals surface area (Å²) in [6.07, 6.45) is -0.115. The molecule has 3 N–H and O–H groups in total. The van der Waals surface area contributed by atoms with Crippen LogP contribution in [-0.4, -0.2) is 59.1 Å². The topological polar surface area (TPSA) is 147 Å². The van der Waals surface area contributed by atoms with Gasteiger partial charge in [0.25, 0.3) is 5.91 Å². The van der Waals surface area contributed by atoms with Crippen molar-refractivity contribution < 1.29 is 38.1 Å². The van der Waals surface area contributed by atoms with Crippen LogP contribution in [0.3, 0.4) is 0 Å². The molecule has 1 fully saturated rings. The van der Waals surface area contributed by atoms with Crippen molar-refractivity contribution in [3.63, 3.8) is 0 Å². The number of benzene rings is 2. The van der Waals surface area contributed by atoms with Gasteiger partial charge >= 0.3 is 12.0 Å². The fourth-order valence-electron chi connectivity index (χ4n) is 3.88. The highest BCUT2D eigenvalue weighted by Crippen LogP contribution is 2.30. The number of rotatable bonds is 9. The quantitative estimate of drug-likeness (QED) is 0.359. The molecule has 1 aliphatic rings. The molecule has 13 heteroatoms. The lowest BCUT2D eigenvalue weighted by atomic mass is 10.0. The van der Waals surface area contributed by atoms with Gasteiger partial charge < -0.3 is 25.2 Å². The van der Waals surface area contributed by atoms with Crippen molar-refractivity contribution in [2.24, 2.45) is 0 Å². The third kappa shape index (κ3) is 5.21. The van der Waals surface area contributed by atoms with E-state index in [1.54, 1.807) is 24.3 Å². The van der Waals surface area contributed by atoms with E-state index in [-0.39, 0.29) is 28.6 Å². The Morgan fingerprint density at radius 2 is 1.92 bits per heavy atom. The van der Waals surface area contributed by atoms with E-state index in [1.807, 2.05) is 0 Å². The molecule has 0 aliphatic carbocycles. The first-order valence-electron chi connectivity index (χ1n) is 10.8. The molecule has 4 rings (SSSR count). The van der Waals surface area contributed by atoms with Crippen molar-refractivity contribution in [3.05, 3.63) is 70.5 Å². The first-order chi connectivity index (χ1) is 17.7. The lowest BCUT2D eigenvalue weighted by Crippen LogP contribution is -2.49. The molecule has 11 nitrogen and oxygen atoms in total. The van der Waals surface area contributed by atoms with E-state index in [4.69, 9.17) is 14.6 Å². The number of carboxylic acid groups (broad SMARTS) is 1. The average molecular weight is 529 g/mol. The number of amides is 4. The van der Waals surface area contributed by atoms with Crippen molar-refractivity contribution >= 4 is 40.3 Å². The van der Waals surface area contributed by atoms with Crippen LogP contribution in [0, 0.1) is 5.82 Å².